The molecule has 0 saturated carbocycles. The summed E-state index contributed by atoms with van der Waals surface area (Å²) >= 11 is 0. The van der Waals surface area contributed by atoms with Crippen molar-refractivity contribution in [2.75, 3.05) is 13.6 Å². The number of benzene rings is 2. The molecule has 1 atom stereocenters. The molecule has 0 heterocycles. The Hall–Kier alpha value is -3.75. The maximum absolute atomic E-state index is 13.6. The van der Waals surface area contributed by atoms with Crippen molar-refractivity contribution in [2.24, 2.45) is 0 Å². The highest BCUT2D eigenvalue weighted by Crippen LogP contribution is 2.17. The van der Waals surface area contributed by atoms with Crippen molar-refractivity contribution in [3.8, 4) is 0 Å². The molecule has 0 radical (unpaired) electrons. The average Bonchev–Trinajstić information content (AvgIpc) is 2.71. The molecule has 2 aromatic rings. The Labute approximate surface area is 160 Å². The second kappa shape index (κ2) is 9.81. The number of carbonyl (C=O) groups excluding carboxylic acids is 4. The molecule has 8 nitrogen and oxygen atoms in total. The summed E-state index contributed by atoms with van der Waals surface area (Å²) in [4.78, 5) is 47.7. The molecule has 0 bridgehead atoms. The number of halogens is 1. The van der Waals surface area contributed by atoms with Crippen molar-refractivity contribution in [2.45, 2.75) is 6.10 Å². The van der Waals surface area contributed by atoms with Gasteiger partial charge in [-0.2, -0.15) is 0 Å². The molecule has 2 aromatic carbocycles. The number of nitrogens with one attached hydrogen (secondary N) is 3. The molecule has 0 fully saturated rings. The van der Waals surface area contributed by atoms with E-state index in [1.54, 1.807) is 30.3 Å². The van der Waals surface area contributed by atoms with E-state index in [2.05, 4.69) is 10.6 Å². The highest BCUT2D eigenvalue weighted by atomic mass is 19.1. The average molecular weight is 387 g/mol. The van der Waals surface area contributed by atoms with Gasteiger partial charge in [-0.3, -0.25) is 19.7 Å². The summed E-state index contributed by atoms with van der Waals surface area (Å²) in [6.45, 7) is -0.593. The van der Waals surface area contributed by atoms with Gasteiger partial charge in [0.15, 0.2) is 0 Å². The third-order valence-corrected chi connectivity index (χ3v) is 3.57. The molecule has 0 saturated heterocycles. The topological polar surface area (TPSA) is 114 Å². The van der Waals surface area contributed by atoms with E-state index < -0.39 is 42.3 Å². The third kappa shape index (κ3) is 5.63. The zero-order chi connectivity index (χ0) is 20.5. The van der Waals surface area contributed by atoms with Crippen molar-refractivity contribution >= 4 is 23.8 Å². The van der Waals surface area contributed by atoms with Gasteiger partial charge in [0.25, 0.3) is 11.8 Å². The number of ether oxygens (including phenoxy) is 1. The van der Waals surface area contributed by atoms with Crippen LogP contribution in [0.3, 0.4) is 0 Å². The molecule has 0 spiro atoms. The molecule has 0 aliphatic heterocycles. The number of amides is 4. The van der Waals surface area contributed by atoms with Crippen LogP contribution in [-0.2, 0) is 14.3 Å². The number of urea groups is 1. The lowest BCUT2D eigenvalue weighted by atomic mass is 10.1. The minimum Gasteiger partial charge on any atom is -0.446 e. The fourth-order valence-corrected chi connectivity index (χ4v) is 2.21. The van der Waals surface area contributed by atoms with E-state index in [-0.39, 0.29) is 5.56 Å². The number of hydrogen-bond acceptors (Lipinski definition) is 5. The van der Waals surface area contributed by atoms with Crippen molar-refractivity contribution in [1.29, 1.82) is 0 Å². The molecule has 0 aromatic heterocycles. The van der Waals surface area contributed by atoms with E-state index in [9.17, 15) is 23.6 Å². The van der Waals surface area contributed by atoms with Crippen LogP contribution in [0, 0.1) is 5.82 Å². The standard InChI is InChI=1S/C19H18FN3O5/c1-21-19(27)23-18(26)16(12-7-3-2-4-8-12)28-15(24)11-22-17(25)13-9-5-6-10-14(13)20/h2-10,16H,11H2,1H3,(H,22,25)(H2,21,23,26,27)/t16-/m1/s1. The van der Waals surface area contributed by atoms with Crippen LogP contribution in [0.4, 0.5) is 9.18 Å². The molecule has 0 aliphatic rings. The SMILES string of the molecule is CNC(=O)NC(=O)[C@H](OC(=O)CNC(=O)c1ccccc1F)c1ccccc1. The van der Waals surface area contributed by atoms with Crippen molar-refractivity contribution in [1.82, 2.24) is 16.0 Å². The fourth-order valence-electron chi connectivity index (χ4n) is 2.21. The van der Waals surface area contributed by atoms with Crippen LogP contribution in [0.1, 0.15) is 22.0 Å². The number of esters is 1. The van der Waals surface area contributed by atoms with Gasteiger partial charge in [-0.25, -0.2) is 9.18 Å². The van der Waals surface area contributed by atoms with Crippen molar-refractivity contribution < 1.29 is 28.3 Å². The quantitative estimate of drug-likeness (QED) is 0.647. The zero-order valence-electron chi connectivity index (χ0n) is 14.9. The Morgan fingerprint density at radius 2 is 1.64 bits per heavy atom. The normalized spacial score (nSPS) is 11.1. The molecule has 0 aliphatic carbocycles. The molecular formula is C19H18FN3O5. The maximum Gasteiger partial charge on any atom is 0.326 e. The van der Waals surface area contributed by atoms with Crippen LogP contribution in [0.5, 0.6) is 0 Å². The number of rotatable bonds is 6. The Morgan fingerprint density at radius 3 is 2.29 bits per heavy atom. The minimum atomic E-state index is -1.41. The van der Waals surface area contributed by atoms with E-state index in [0.717, 1.165) is 6.07 Å². The number of imide groups is 1. The summed E-state index contributed by atoms with van der Waals surface area (Å²) in [5, 5.41) is 6.47. The Balaban J connectivity index is 2.04. The minimum absolute atomic E-state index is 0.229. The Morgan fingerprint density at radius 1 is 1.00 bits per heavy atom. The van der Waals surface area contributed by atoms with Gasteiger partial charge in [0.1, 0.15) is 12.4 Å². The fraction of sp³-hybridized carbons (Fsp3) is 0.158. The lowest BCUT2D eigenvalue weighted by Crippen LogP contribution is -2.42. The molecule has 0 unspecified atom stereocenters. The lowest BCUT2D eigenvalue weighted by molar-refractivity contribution is -0.155. The molecule has 2 rings (SSSR count). The van der Waals surface area contributed by atoms with Gasteiger partial charge in [0, 0.05) is 12.6 Å². The molecule has 3 N–H and O–H groups in total. The molecule has 4 amide bonds. The molecule has 9 heteroatoms. The first kappa shape index (κ1) is 20.6. The second-order valence-electron chi connectivity index (χ2n) is 5.51. The van der Waals surface area contributed by atoms with Crippen LogP contribution in [0.25, 0.3) is 0 Å². The first-order valence-corrected chi connectivity index (χ1v) is 8.22. The van der Waals surface area contributed by atoms with Gasteiger partial charge in [0.2, 0.25) is 6.10 Å². The predicted molar refractivity (Wildman–Crippen MR) is 96.6 cm³/mol. The van der Waals surface area contributed by atoms with Crippen molar-refractivity contribution in [3.05, 3.63) is 71.5 Å². The Kier molecular flexibility index (Phi) is 7.21. The first-order valence-electron chi connectivity index (χ1n) is 8.22. The van der Waals surface area contributed by atoms with Crippen LogP contribution in [-0.4, -0.2) is 37.4 Å². The van der Waals surface area contributed by atoms with E-state index in [0.29, 0.717) is 5.56 Å². The van der Waals surface area contributed by atoms with Gasteiger partial charge in [0.05, 0.1) is 5.56 Å². The van der Waals surface area contributed by atoms with Gasteiger partial charge in [-0.15, -0.1) is 0 Å². The van der Waals surface area contributed by atoms with Gasteiger partial charge >= 0.3 is 12.0 Å². The zero-order valence-corrected chi connectivity index (χ0v) is 14.9. The van der Waals surface area contributed by atoms with E-state index in [1.165, 1.54) is 25.2 Å². The van der Waals surface area contributed by atoms with E-state index >= 15 is 0 Å². The second-order valence-corrected chi connectivity index (χ2v) is 5.51. The number of hydrogen-bond donors (Lipinski definition) is 3. The highest BCUT2D eigenvalue weighted by molar-refractivity contribution is 5.98. The van der Waals surface area contributed by atoms with E-state index in [1.807, 2.05) is 5.32 Å². The summed E-state index contributed by atoms with van der Waals surface area (Å²) in [6, 6.07) is 12.6. The summed E-state index contributed by atoms with van der Waals surface area (Å²) < 4.78 is 18.7. The molecule has 146 valence electrons. The molecule has 28 heavy (non-hydrogen) atoms. The lowest BCUT2D eigenvalue weighted by Gasteiger charge is -2.17. The maximum atomic E-state index is 13.6. The summed E-state index contributed by atoms with van der Waals surface area (Å²) in [5.41, 5.74) is 0.102. The summed E-state index contributed by atoms with van der Waals surface area (Å²) in [5.74, 6) is -3.34. The monoisotopic (exact) mass is 387 g/mol. The summed E-state index contributed by atoms with van der Waals surface area (Å²) in [7, 11) is 1.32. The number of carbonyl (C=O) groups is 4. The van der Waals surface area contributed by atoms with E-state index in [4.69, 9.17) is 4.74 Å². The van der Waals surface area contributed by atoms with Crippen LogP contribution in [0.15, 0.2) is 54.6 Å². The Bertz CT molecular complexity index is 873. The first-order chi connectivity index (χ1) is 13.4. The van der Waals surface area contributed by atoms with Crippen LogP contribution < -0.4 is 16.0 Å². The van der Waals surface area contributed by atoms with Crippen molar-refractivity contribution in [3.63, 3.8) is 0 Å². The van der Waals surface area contributed by atoms with Gasteiger partial charge in [-0.1, -0.05) is 42.5 Å². The van der Waals surface area contributed by atoms with Crippen LogP contribution in [0.2, 0.25) is 0 Å². The third-order valence-electron chi connectivity index (χ3n) is 3.57. The van der Waals surface area contributed by atoms with Gasteiger partial charge < -0.3 is 15.4 Å². The largest absolute Gasteiger partial charge is 0.446 e. The highest BCUT2D eigenvalue weighted by Gasteiger charge is 2.26. The summed E-state index contributed by atoms with van der Waals surface area (Å²) in [6.07, 6.45) is -1.41. The van der Waals surface area contributed by atoms with Crippen LogP contribution >= 0.6 is 0 Å². The van der Waals surface area contributed by atoms with Gasteiger partial charge in [-0.05, 0) is 12.1 Å². The predicted octanol–water partition coefficient (Wildman–Crippen LogP) is 1.30. The smallest absolute Gasteiger partial charge is 0.326 e. The molecular weight excluding hydrogens is 369 g/mol.